The van der Waals surface area contributed by atoms with E-state index in [2.05, 4.69) is 0 Å². The van der Waals surface area contributed by atoms with Crippen LogP contribution >= 0.6 is 0 Å². The molecule has 0 fully saturated rings. The monoisotopic (exact) mass is 260 g/mol. The number of methoxy groups -OCH3 is 2. The van der Waals surface area contributed by atoms with Crippen LogP contribution in [0.25, 0.3) is 0 Å². The second kappa shape index (κ2) is 5.63. The van der Waals surface area contributed by atoms with Gasteiger partial charge in [-0.1, -0.05) is 12.1 Å². The molecule has 0 aliphatic carbocycles. The third-order valence-corrected chi connectivity index (χ3v) is 2.90. The van der Waals surface area contributed by atoms with Crippen molar-refractivity contribution in [1.29, 1.82) is 0 Å². The Balaban J connectivity index is 2.37. The van der Waals surface area contributed by atoms with Crippen molar-refractivity contribution in [3.8, 4) is 17.2 Å². The van der Waals surface area contributed by atoms with E-state index in [4.69, 9.17) is 9.47 Å². The lowest BCUT2D eigenvalue weighted by Crippen LogP contribution is -2.00. The highest BCUT2D eigenvalue weighted by Crippen LogP contribution is 2.30. The number of phenols is 1. The van der Waals surface area contributed by atoms with Crippen molar-refractivity contribution in [3.05, 3.63) is 53.6 Å². The predicted octanol–water partition coefficient (Wildman–Crippen LogP) is 2.49. The molecule has 2 N–H and O–H groups in total. The summed E-state index contributed by atoms with van der Waals surface area (Å²) in [6.45, 7) is 0. The molecule has 0 radical (unpaired) electrons. The smallest absolute Gasteiger partial charge is 0.122 e. The minimum absolute atomic E-state index is 0.166. The van der Waals surface area contributed by atoms with Crippen LogP contribution in [0.5, 0.6) is 17.2 Å². The van der Waals surface area contributed by atoms with Gasteiger partial charge in [0.1, 0.15) is 23.4 Å². The first-order valence-electron chi connectivity index (χ1n) is 5.84. The largest absolute Gasteiger partial charge is 0.508 e. The third-order valence-electron chi connectivity index (χ3n) is 2.90. The second-order valence-electron chi connectivity index (χ2n) is 4.14. The number of hydrogen-bond donors (Lipinski definition) is 2. The number of aromatic hydroxyl groups is 1. The zero-order valence-electron chi connectivity index (χ0n) is 10.8. The topological polar surface area (TPSA) is 58.9 Å². The van der Waals surface area contributed by atoms with Crippen molar-refractivity contribution in [2.24, 2.45) is 0 Å². The molecule has 0 heterocycles. The van der Waals surface area contributed by atoms with E-state index < -0.39 is 6.10 Å². The average Bonchev–Trinajstić information content (AvgIpc) is 2.46. The molecule has 0 saturated carbocycles. The molecule has 1 atom stereocenters. The number of benzene rings is 2. The molecule has 2 aromatic carbocycles. The Labute approximate surface area is 111 Å². The van der Waals surface area contributed by atoms with Gasteiger partial charge in [-0.25, -0.2) is 0 Å². The van der Waals surface area contributed by atoms with E-state index in [1.807, 2.05) is 0 Å². The number of rotatable bonds is 4. The highest BCUT2D eigenvalue weighted by Gasteiger charge is 2.13. The predicted molar refractivity (Wildman–Crippen MR) is 71.7 cm³/mol. The Kier molecular flexibility index (Phi) is 3.92. The van der Waals surface area contributed by atoms with Crippen LogP contribution in [0.4, 0.5) is 0 Å². The van der Waals surface area contributed by atoms with Crippen LogP contribution in [-0.2, 0) is 0 Å². The zero-order valence-corrected chi connectivity index (χ0v) is 10.8. The summed E-state index contributed by atoms with van der Waals surface area (Å²) in [7, 11) is 3.12. The number of aliphatic hydroxyl groups is 1. The maximum absolute atomic E-state index is 10.3. The van der Waals surface area contributed by atoms with Crippen LogP contribution < -0.4 is 9.47 Å². The van der Waals surface area contributed by atoms with Crippen molar-refractivity contribution in [2.75, 3.05) is 14.2 Å². The average molecular weight is 260 g/mol. The highest BCUT2D eigenvalue weighted by molar-refractivity contribution is 5.42. The Morgan fingerprint density at radius 3 is 1.84 bits per heavy atom. The van der Waals surface area contributed by atoms with Gasteiger partial charge in [0.25, 0.3) is 0 Å². The first-order chi connectivity index (χ1) is 9.13. The van der Waals surface area contributed by atoms with Crippen molar-refractivity contribution in [3.63, 3.8) is 0 Å². The van der Waals surface area contributed by atoms with Gasteiger partial charge in [0, 0.05) is 6.07 Å². The summed E-state index contributed by atoms with van der Waals surface area (Å²) >= 11 is 0. The number of hydrogen-bond acceptors (Lipinski definition) is 4. The maximum Gasteiger partial charge on any atom is 0.122 e. The molecule has 2 rings (SSSR count). The molecule has 0 spiro atoms. The van der Waals surface area contributed by atoms with Crippen LogP contribution in [0.1, 0.15) is 17.2 Å². The number of ether oxygens (including phenoxy) is 2. The quantitative estimate of drug-likeness (QED) is 0.886. The summed E-state index contributed by atoms with van der Waals surface area (Å²) in [5, 5.41) is 19.6. The van der Waals surface area contributed by atoms with Crippen LogP contribution in [0.2, 0.25) is 0 Å². The minimum atomic E-state index is -0.801. The lowest BCUT2D eigenvalue weighted by molar-refractivity contribution is 0.219. The fraction of sp³-hybridized carbons (Fsp3) is 0.200. The fourth-order valence-electron chi connectivity index (χ4n) is 1.84. The molecular weight excluding hydrogens is 244 g/mol. The Bertz CT molecular complexity index is 526. The van der Waals surface area contributed by atoms with Crippen LogP contribution in [0.15, 0.2) is 42.5 Å². The maximum atomic E-state index is 10.3. The van der Waals surface area contributed by atoms with E-state index in [9.17, 15) is 10.2 Å². The van der Waals surface area contributed by atoms with Gasteiger partial charge in [0.15, 0.2) is 0 Å². The normalized spacial score (nSPS) is 11.9. The standard InChI is InChI=1S/C15H16O4/c1-18-13-7-11(8-14(9-13)19-2)15(17)10-3-5-12(16)6-4-10/h3-9,15-17H,1-2H3/t15-/m0/s1. The molecule has 4 heteroatoms. The minimum Gasteiger partial charge on any atom is -0.508 e. The summed E-state index contributed by atoms with van der Waals surface area (Å²) in [6.07, 6.45) is -0.801. The van der Waals surface area contributed by atoms with Gasteiger partial charge in [0.2, 0.25) is 0 Å². The lowest BCUT2D eigenvalue weighted by atomic mass is 10.0. The van der Waals surface area contributed by atoms with Crippen molar-refractivity contribution in [2.45, 2.75) is 6.10 Å². The van der Waals surface area contributed by atoms with Crippen LogP contribution in [-0.4, -0.2) is 24.4 Å². The molecule has 0 bridgehead atoms. The van der Waals surface area contributed by atoms with Gasteiger partial charge in [-0.05, 0) is 35.4 Å². The van der Waals surface area contributed by atoms with Crippen molar-refractivity contribution in [1.82, 2.24) is 0 Å². The van der Waals surface area contributed by atoms with Crippen LogP contribution in [0, 0.1) is 0 Å². The lowest BCUT2D eigenvalue weighted by Gasteiger charge is -2.14. The molecule has 0 aliphatic rings. The summed E-state index contributed by atoms with van der Waals surface area (Å²) in [4.78, 5) is 0. The summed E-state index contributed by atoms with van der Waals surface area (Å²) in [6, 6.07) is 11.7. The molecule has 0 amide bonds. The summed E-state index contributed by atoms with van der Waals surface area (Å²) in [5.74, 6) is 1.40. The first kappa shape index (κ1) is 13.2. The van der Waals surface area contributed by atoms with E-state index in [1.54, 1.807) is 44.6 Å². The molecule has 0 unspecified atom stereocenters. The van der Waals surface area contributed by atoms with Gasteiger partial charge in [-0.3, -0.25) is 0 Å². The van der Waals surface area contributed by atoms with Gasteiger partial charge in [-0.2, -0.15) is 0 Å². The van der Waals surface area contributed by atoms with Gasteiger partial charge in [0.05, 0.1) is 14.2 Å². The number of aliphatic hydroxyl groups excluding tert-OH is 1. The Hall–Kier alpha value is -2.20. The van der Waals surface area contributed by atoms with Gasteiger partial charge in [-0.15, -0.1) is 0 Å². The molecule has 4 nitrogen and oxygen atoms in total. The van der Waals surface area contributed by atoms with Crippen molar-refractivity contribution >= 4 is 0 Å². The van der Waals surface area contributed by atoms with E-state index in [-0.39, 0.29) is 5.75 Å². The van der Waals surface area contributed by atoms with E-state index in [0.717, 1.165) is 0 Å². The first-order valence-corrected chi connectivity index (χ1v) is 5.84. The molecule has 0 aliphatic heterocycles. The zero-order chi connectivity index (χ0) is 13.8. The molecule has 2 aromatic rings. The summed E-state index contributed by atoms with van der Waals surface area (Å²) in [5.41, 5.74) is 1.36. The molecule has 19 heavy (non-hydrogen) atoms. The van der Waals surface area contributed by atoms with Gasteiger partial charge < -0.3 is 19.7 Å². The van der Waals surface area contributed by atoms with Crippen molar-refractivity contribution < 1.29 is 19.7 Å². The molecular formula is C15H16O4. The molecule has 0 saturated heterocycles. The Morgan fingerprint density at radius 1 is 0.842 bits per heavy atom. The van der Waals surface area contributed by atoms with Gasteiger partial charge >= 0.3 is 0 Å². The van der Waals surface area contributed by atoms with Crippen LogP contribution in [0.3, 0.4) is 0 Å². The molecule has 0 aromatic heterocycles. The fourth-order valence-corrected chi connectivity index (χ4v) is 1.84. The third kappa shape index (κ3) is 2.98. The second-order valence-corrected chi connectivity index (χ2v) is 4.14. The SMILES string of the molecule is COc1cc(OC)cc([C@@H](O)c2ccc(O)cc2)c1. The van der Waals surface area contributed by atoms with E-state index in [1.165, 1.54) is 12.1 Å². The van der Waals surface area contributed by atoms with E-state index >= 15 is 0 Å². The summed E-state index contributed by atoms with van der Waals surface area (Å²) < 4.78 is 10.3. The highest BCUT2D eigenvalue weighted by atomic mass is 16.5. The number of phenolic OH excluding ortho intramolecular Hbond substituents is 1. The van der Waals surface area contributed by atoms with E-state index in [0.29, 0.717) is 22.6 Å². The Morgan fingerprint density at radius 2 is 1.37 bits per heavy atom. The molecule has 100 valence electrons.